The molecule has 0 aliphatic heterocycles. The number of hydrogen-bond acceptors (Lipinski definition) is 2. The molecule has 79 heavy (non-hydrogen) atoms. The summed E-state index contributed by atoms with van der Waals surface area (Å²) in [4.78, 5) is 10.2. The van der Waals surface area contributed by atoms with Crippen LogP contribution in [0.2, 0.25) is 0 Å². The van der Waals surface area contributed by atoms with Crippen molar-refractivity contribution in [3.8, 4) is 73.2 Å². The third-order valence-corrected chi connectivity index (χ3v) is 16.2. The summed E-state index contributed by atoms with van der Waals surface area (Å²) in [6.45, 7) is 8.71. The van der Waals surface area contributed by atoms with Crippen LogP contribution in [0.4, 0.5) is 0 Å². The number of aryl methyl sites for hydroxylation is 4. The molecule has 4 aromatic heterocycles. The van der Waals surface area contributed by atoms with E-state index < -0.39 is 0 Å². The van der Waals surface area contributed by atoms with Gasteiger partial charge in [0.1, 0.15) is 0 Å². The lowest BCUT2D eigenvalue weighted by atomic mass is 9.91. The van der Waals surface area contributed by atoms with Gasteiger partial charge in [-0.25, -0.2) is 9.97 Å². The lowest BCUT2D eigenvalue weighted by Crippen LogP contribution is -1.97. The van der Waals surface area contributed by atoms with E-state index in [1.807, 2.05) is 0 Å². The van der Waals surface area contributed by atoms with Gasteiger partial charge in [-0.05, 0) is 152 Å². The van der Waals surface area contributed by atoms with Gasteiger partial charge in [0, 0.05) is 66.1 Å². The van der Waals surface area contributed by atoms with Crippen LogP contribution in [0.15, 0.2) is 249 Å². The molecule has 5 nitrogen and oxygen atoms in total. The second-order valence-electron chi connectivity index (χ2n) is 21.3. The molecule has 0 saturated carbocycles. The van der Waals surface area contributed by atoms with E-state index >= 15 is 0 Å². The fourth-order valence-corrected chi connectivity index (χ4v) is 12.6. The average molecular weight is 1010 g/mol. The van der Waals surface area contributed by atoms with Crippen molar-refractivity contribution in [1.82, 2.24) is 23.7 Å². The van der Waals surface area contributed by atoms with Crippen LogP contribution in [0.25, 0.3) is 139 Å². The predicted octanol–water partition coefficient (Wildman–Crippen LogP) is 19.3. The van der Waals surface area contributed by atoms with Crippen molar-refractivity contribution in [2.24, 2.45) is 0 Å². The Morgan fingerprint density at radius 2 is 0.646 bits per heavy atom. The number of benzene rings is 11. The molecule has 0 aliphatic carbocycles. The minimum Gasteiger partial charge on any atom is -0.309 e. The van der Waals surface area contributed by atoms with Crippen molar-refractivity contribution in [1.29, 1.82) is 0 Å². The molecule has 0 radical (unpaired) electrons. The summed E-state index contributed by atoms with van der Waals surface area (Å²) in [5.41, 5.74) is 25.1. The maximum Gasteiger partial charge on any atom is 0.160 e. The molecular formula is C74H53N5. The molecule has 0 N–H and O–H groups in total. The van der Waals surface area contributed by atoms with Gasteiger partial charge in [0.2, 0.25) is 0 Å². The lowest BCUT2D eigenvalue weighted by Gasteiger charge is -2.15. The largest absolute Gasteiger partial charge is 0.309 e. The van der Waals surface area contributed by atoms with E-state index in [9.17, 15) is 0 Å². The fraction of sp³-hybridized carbons (Fsp3) is 0.0541. The Morgan fingerprint density at radius 3 is 1.14 bits per heavy atom. The number of para-hydroxylation sites is 4. The third-order valence-electron chi connectivity index (χ3n) is 16.2. The van der Waals surface area contributed by atoms with Crippen LogP contribution in [-0.2, 0) is 0 Å². The quantitative estimate of drug-likeness (QED) is 0.152. The molecule has 0 fully saturated rings. The predicted molar refractivity (Wildman–Crippen MR) is 331 cm³/mol. The Bertz CT molecular complexity index is 4570. The standard InChI is InChI=1S/C74H53N5/c1-46-15-13-17-53(39-46)66-45-65(75-74(76-66)54-18-14-16-47(2)40-54)51-29-27-50(28-30-51)55-41-48(3)73(49(4)42-55)52-31-33-56(34-32-52)77-71-37-35-57(78-67-23-9-5-19-59(67)60-20-6-10-24-68(60)78)43-63(71)64-44-58(36-38-72(64)77)79-69-25-11-7-21-61(69)62-22-8-12-26-70(62)79/h5-45H,1-4H3. The summed E-state index contributed by atoms with van der Waals surface area (Å²) in [5, 5.41) is 7.42. The number of rotatable bonds is 8. The zero-order valence-corrected chi connectivity index (χ0v) is 44.4. The number of fused-ring (bicyclic) bond motifs is 9. The lowest BCUT2D eigenvalue weighted by molar-refractivity contribution is 1.16. The number of aromatic nitrogens is 5. The van der Waals surface area contributed by atoms with Crippen molar-refractivity contribution in [3.63, 3.8) is 0 Å². The Hall–Kier alpha value is -10.1. The van der Waals surface area contributed by atoms with Crippen molar-refractivity contribution in [3.05, 3.63) is 271 Å². The van der Waals surface area contributed by atoms with Gasteiger partial charge in [0.15, 0.2) is 5.82 Å². The van der Waals surface area contributed by atoms with Crippen LogP contribution < -0.4 is 0 Å². The van der Waals surface area contributed by atoms with E-state index in [1.54, 1.807) is 0 Å². The van der Waals surface area contributed by atoms with Gasteiger partial charge in [-0.2, -0.15) is 0 Å². The molecule has 0 aliphatic rings. The molecule has 5 heteroatoms. The Kier molecular flexibility index (Phi) is 10.7. The second-order valence-corrected chi connectivity index (χ2v) is 21.3. The first-order chi connectivity index (χ1) is 38.8. The van der Waals surface area contributed by atoms with Gasteiger partial charge in [-0.1, -0.05) is 169 Å². The van der Waals surface area contributed by atoms with Crippen molar-refractivity contribution < 1.29 is 0 Å². The Morgan fingerprint density at radius 1 is 0.253 bits per heavy atom. The average Bonchev–Trinajstić information content (AvgIpc) is 4.29. The summed E-state index contributed by atoms with van der Waals surface area (Å²) in [6, 6.07) is 90.9. The summed E-state index contributed by atoms with van der Waals surface area (Å²) < 4.78 is 7.29. The fourth-order valence-electron chi connectivity index (χ4n) is 12.6. The summed E-state index contributed by atoms with van der Waals surface area (Å²) in [7, 11) is 0. The minimum atomic E-state index is 0.724. The highest BCUT2D eigenvalue weighted by Crippen LogP contribution is 2.41. The van der Waals surface area contributed by atoms with E-state index in [4.69, 9.17) is 9.97 Å². The number of nitrogens with zero attached hydrogens (tertiary/aromatic N) is 5. The van der Waals surface area contributed by atoms with Crippen molar-refractivity contribution >= 4 is 65.4 Å². The van der Waals surface area contributed by atoms with Crippen molar-refractivity contribution in [2.75, 3.05) is 0 Å². The van der Waals surface area contributed by atoms with Crippen LogP contribution in [0.5, 0.6) is 0 Å². The molecule has 15 aromatic rings. The summed E-state index contributed by atoms with van der Waals surface area (Å²) in [5.74, 6) is 0.724. The molecular weight excluding hydrogens is 959 g/mol. The molecule has 0 saturated heterocycles. The normalized spacial score (nSPS) is 11.8. The molecule has 0 bridgehead atoms. The van der Waals surface area contributed by atoms with Crippen LogP contribution in [0.3, 0.4) is 0 Å². The molecule has 0 spiro atoms. The van der Waals surface area contributed by atoms with Gasteiger partial charge in [0.05, 0.1) is 44.5 Å². The topological polar surface area (TPSA) is 40.6 Å². The Labute approximate surface area is 458 Å². The molecule has 4 heterocycles. The van der Waals surface area contributed by atoms with Crippen LogP contribution in [-0.4, -0.2) is 23.7 Å². The molecule has 11 aromatic carbocycles. The maximum absolute atomic E-state index is 5.14. The van der Waals surface area contributed by atoms with E-state index in [-0.39, 0.29) is 0 Å². The SMILES string of the molecule is Cc1cccc(-c2cc(-c3ccc(-c4cc(C)c(-c5ccc(-n6c7ccc(-n8c9ccccc9c9ccccc98)cc7c7cc(-n8c9ccccc9c9ccccc98)ccc76)cc5)c(C)c4)cc3)nc(-c3cccc(C)c3)n2)c1. The Balaban J connectivity index is 0.805. The van der Waals surface area contributed by atoms with E-state index in [0.29, 0.717) is 0 Å². The highest BCUT2D eigenvalue weighted by Gasteiger charge is 2.20. The summed E-state index contributed by atoms with van der Waals surface area (Å²) in [6.07, 6.45) is 0. The zero-order valence-electron chi connectivity index (χ0n) is 44.4. The molecule has 0 unspecified atom stereocenters. The van der Waals surface area contributed by atoms with Gasteiger partial charge >= 0.3 is 0 Å². The highest BCUT2D eigenvalue weighted by molar-refractivity contribution is 6.14. The molecule has 374 valence electrons. The summed E-state index contributed by atoms with van der Waals surface area (Å²) >= 11 is 0. The molecule has 0 atom stereocenters. The van der Waals surface area contributed by atoms with Crippen LogP contribution in [0, 0.1) is 27.7 Å². The second kappa shape index (κ2) is 18.3. The highest BCUT2D eigenvalue weighted by atomic mass is 15.0. The zero-order chi connectivity index (χ0) is 52.9. The smallest absolute Gasteiger partial charge is 0.160 e. The molecule has 15 rings (SSSR count). The van der Waals surface area contributed by atoms with Crippen LogP contribution >= 0.6 is 0 Å². The van der Waals surface area contributed by atoms with Crippen LogP contribution in [0.1, 0.15) is 22.3 Å². The monoisotopic (exact) mass is 1010 g/mol. The molecule has 0 amide bonds. The first-order valence-electron chi connectivity index (χ1n) is 27.2. The van der Waals surface area contributed by atoms with Gasteiger partial charge < -0.3 is 13.7 Å². The van der Waals surface area contributed by atoms with E-state index in [1.165, 1.54) is 93.3 Å². The first kappa shape index (κ1) is 46.2. The third kappa shape index (κ3) is 7.68. The van der Waals surface area contributed by atoms with Crippen molar-refractivity contribution in [2.45, 2.75) is 27.7 Å². The van der Waals surface area contributed by atoms with Gasteiger partial charge in [-0.15, -0.1) is 0 Å². The number of hydrogen-bond donors (Lipinski definition) is 0. The first-order valence-corrected chi connectivity index (χ1v) is 27.2. The maximum atomic E-state index is 5.14. The van der Waals surface area contributed by atoms with E-state index in [2.05, 4.69) is 290 Å². The van der Waals surface area contributed by atoms with Gasteiger partial charge in [0.25, 0.3) is 0 Å². The van der Waals surface area contributed by atoms with Gasteiger partial charge in [-0.3, -0.25) is 0 Å². The van der Waals surface area contributed by atoms with E-state index in [0.717, 1.165) is 67.6 Å². The minimum absolute atomic E-state index is 0.724.